The summed E-state index contributed by atoms with van der Waals surface area (Å²) < 4.78 is 39.8. The fourth-order valence-corrected chi connectivity index (χ4v) is 3.82. The van der Waals surface area contributed by atoms with Gasteiger partial charge in [-0.1, -0.05) is 54.6 Å². The van der Waals surface area contributed by atoms with Crippen molar-refractivity contribution in [1.82, 2.24) is 0 Å². The third kappa shape index (κ3) is 2.47. The van der Waals surface area contributed by atoms with Crippen molar-refractivity contribution in [3.63, 3.8) is 0 Å². The number of fused-ring (bicyclic) bond motifs is 5. The zero-order valence-electron chi connectivity index (χ0n) is 14.1. The van der Waals surface area contributed by atoms with Crippen molar-refractivity contribution in [3.8, 4) is 0 Å². The molecule has 0 heterocycles. The molecule has 0 nitrogen and oxygen atoms in total. The van der Waals surface area contributed by atoms with Gasteiger partial charge in [0.2, 0.25) is 0 Å². The van der Waals surface area contributed by atoms with E-state index >= 15 is 0 Å². The maximum absolute atomic E-state index is 14.0. The summed E-state index contributed by atoms with van der Waals surface area (Å²) in [5, 5.41) is 7.45. The van der Waals surface area contributed by atoms with E-state index in [0.717, 1.165) is 37.7 Å². The predicted octanol–water partition coefficient (Wildman–Crippen LogP) is 7.83. The number of hydrogen-bond donors (Lipinski definition) is 0. The van der Waals surface area contributed by atoms with Gasteiger partial charge in [-0.15, -0.1) is 0 Å². The Bertz CT molecular complexity index is 1390. The average Bonchev–Trinajstić information content (AvgIpc) is 2.69. The second-order valence-electron chi connectivity index (χ2n) is 6.66. The van der Waals surface area contributed by atoms with Gasteiger partial charge in [0.05, 0.1) is 0 Å². The highest BCUT2D eigenvalue weighted by atomic mass is 19.3. The Labute approximate surface area is 153 Å². The minimum Gasteiger partial charge on any atom is -0.200 e. The third-order valence-corrected chi connectivity index (χ3v) is 5.10. The van der Waals surface area contributed by atoms with Crippen LogP contribution in [0.15, 0.2) is 84.9 Å². The molecule has 0 aliphatic carbocycles. The number of benzene rings is 5. The Morgan fingerprint density at radius 1 is 0.481 bits per heavy atom. The first kappa shape index (κ1) is 15.9. The molecule has 27 heavy (non-hydrogen) atoms. The second-order valence-corrected chi connectivity index (χ2v) is 6.66. The molecule has 3 heteroatoms. The van der Waals surface area contributed by atoms with Crippen molar-refractivity contribution in [2.45, 2.75) is 0 Å². The molecule has 0 N–H and O–H groups in total. The minimum atomic E-state index is -2.30. The number of hydrogen-bond acceptors (Lipinski definition) is 0. The summed E-state index contributed by atoms with van der Waals surface area (Å²) >= 11 is 0. The predicted molar refractivity (Wildman–Crippen MR) is 107 cm³/mol. The Hall–Kier alpha value is -3.33. The molecule has 5 rings (SSSR count). The molecule has 0 amide bonds. The average molecular weight is 358 g/mol. The summed E-state index contributed by atoms with van der Waals surface area (Å²) in [5.41, 5.74) is -0.0767. The molecule has 5 aromatic carbocycles. The van der Waals surface area contributed by atoms with Crippen molar-refractivity contribution in [3.05, 3.63) is 90.5 Å². The first-order chi connectivity index (χ1) is 13.1. The highest BCUT2D eigenvalue weighted by Crippen LogP contribution is 2.35. The fourth-order valence-electron chi connectivity index (χ4n) is 3.82. The fraction of sp³-hybridized carbons (Fsp3) is 0. The molecular weight excluding hydrogens is 345 g/mol. The van der Waals surface area contributed by atoms with Gasteiger partial charge in [0.1, 0.15) is 0 Å². The lowest BCUT2D eigenvalue weighted by molar-refractivity contribution is 0.410. The van der Waals surface area contributed by atoms with Gasteiger partial charge >= 0.3 is 6.08 Å². The van der Waals surface area contributed by atoms with Crippen LogP contribution in [0.4, 0.5) is 13.2 Å². The van der Waals surface area contributed by atoms with Crippen molar-refractivity contribution < 1.29 is 13.2 Å². The second kappa shape index (κ2) is 5.85. The van der Waals surface area contributed by atoms with Crippen LogP contribution in [-0.4, -0.2) is 0 Å². The monoisotopic (exact) mass is 358 g/mol. The van der Waals surface area contributed by atoms with Crippen LogP contribution in [0.2, 0.25) is 0 Å². The summed E-state index contributed by atoms with van der Waals surface area (Å²) in [6, 6.07) is 24.9. The van der Waals surface area contributed by atoms with E-state index in [4.69, 9.17) is 0 Å². The van der Waals surface area contributed by atoms with Gasteiger partial charge < -0.3 is 0 Å². The molecular formula is C24H13F3. The van der Waals surface area contributed by atoms with E-state index in [1.807, 2.05) is 42.5 Å². The van der Waals surface area contributed by atoms with Crippen molar-refractivity contribution >= 4 is 48.9 Å². The molecule has 0 radical (unpaired) electrons. The SMILES string of the molecule is FC(F)=C(F)c1cccc2cc3ccc4cc5ccccc5cc4c3cc12. The Balaban J connectivity index is 1.94. The lowest BCUT2D eigenvalue weighted by Gasteiger charge is -2.10. The van der Waals surface area contributed by atoms with Gasteiger partial charge in [0, 0.05) is 5.56 Å². The van der Waals surface area contributed by atoms with Crippen molar-refractivity contribution in [2.24, 2.45) is 0 Å². The molecule has 0 atom stereocenters. The molecule has 0 aromatic heterocycles. The normalized spacial score (nSPS) is 11.5. The van der Waals surface area contributed by atoms with Crippen LogP contribution in [0.5, 0.6) is 0 Å². The van der Waals surface area contributed by atoms with Crippen molar-refractivity contribution in [1.29, 1.82) is 0 Å². The molecule has 0 aliphatic rings. The van der Waals surface area contributed by atoms with Gasteiger partial charge in [0.15, 0.2) is 5.83 Å². The topological polar surface area (TPSA) is 0 Å². The van der Waals surface area contributed by atoms with Crippen LogP contribution in [0, 0.1) is 0 Å². The quantitative estimate of drug-likeness (QED) is 0.211. The van der Waals surface area contributed by atoms with E-state index < -0.39 is 11.9 Å². The van der Waals surface area contributed by atoms with Crippen LogP contribution in [-0.2, 0) is 0 Å². The van der Waals surface area contributed by atoms with E-state index in [2.05, 4.69) is 24.3 Å². The highest BCUT2D eigenvalue weighted by molar-refractivity contribution is 6.16. The standard InChI is InChI=1S/C24H13F3/c25-23(24(26)27)19-7-3-6-16-11-18-9-8-17-10-14-4-1-2-5-15(14)12-20(17)22(18)13-21(16)19/h1-13H. The van der Waals surface area contributed by atoms with Crippen LogP contribution in [0.3, 0.4) is 0 Å². The smallest absolute Gasteiger partial charge is 0.200 e. The first-order valence-electron chi connectivity index (χ1n) is 8.61. The van der Waals surface area contributed by atoms with Crippen LogP contribution < -0.4 is 0 Å². The summed E-state index contributed by atoms with van der Waals surface area (Å²) in [6.07, 6.45) is -2.30. The minimum absolute atomic E-state index is 0.0767. The van der Waals surface area contributed by atoms with E-state index in [-0.39, 0.29) is 5.56 Å². The Morgan fingerprint density at radius 3 is 1.74 bits per heavy atom. The zero-order chi connectivity index (χ0) is 18.5. The summed E-state index contributed by atoms with van der Waals surface area (Å²) in [4.78, 5) is 0. The summed E-state index contributed by atoms with van der Waals surface area (Å²) in [7, 11) is 0. The molecule has 0 fully saturated rings. The molecule has 0 saturated heterocycles. The number of halogens is 3. The Kier molecular flexibility index (Phi) is 3.44. The molecule has 5 aromatic rings. The van der Waals surface area contributed by atoms with Gasteiger partial charge in [-0.2, -0.15) is 8.78 Å². The van der Waals surface area contributed by atoms with Gasteiger partial charge in [-0.3, -0.25) is 0 Å². The van der Waals surface area contributed by atoms with E-state index in [1.165, 1.54) is 6.07 Å². The summed E-state index contributed by atoms with van der Waals surface area (Å²) in [6.45, 7) is 0. The van der Waals surface area contributed by atoms with Crippen LogP contribution in [0.1, 0.15) is 5.56 Å². The third-order valence-electron chi connectivity index (χ3n) is 5.10. The van der Waals surface area contributed by atoms with Gasteiger partial charge in [0.25, 0.3) is 0 Å². The van der Waals surface area contributed by atoms with E-state index in [9.17, 15) is 13.2 Å². The van der Waals surface area contributed by atoms with E-state index in [1.54, 1.807) is 6.07 Å². The Morgan fingerprint density at radius 2 is 1.04 bits per heavy atom. The van der Waals surface area contributed by atoms with Gasteiger partial charge in [-0.25, -0.2) is 4.39 Å². The molecule has 0 bridgehead atoms. The maximum Gasteiger partial charge on any atom is 0.306 e. The largest absolute Gasteiger partial charge is 0.306 e. The highest BCUT2D eigenvalue weighted by Gasteiger charge is 2.13. The van der Waals surface area contributed by atoms with E-state index in [0.29, 0.717) is 5.39 Å². The lowest BCUT2D eigenvalue weighted by Crippen LogP contribution is -1.86. The summed E-state index contributed by atoms with van der Waals surface area (Å²) in [5.74, 6) is -1.47. The van der Waals surface area contributed by atoms with Crippen LogP contribution >= 0.6 is 0 Å². The molecule has 0 saturated carbocycles. The lowest BCUT2D eigenvalue weighted by atomic mass is 9.94. The molecule has 130 valence electrons. The van der Waals surface area contributed by atoms with Crippen LogP contribution in [0.25, 0.3) is 48.9 Å². The zero-order valence-corrected chi connectivity index (χ0v) is 14.1. The molecule has 0 unspecified atom stereocenters. The van der Waals surface area contributed by atoms with Crippen molar-refractivity contribution in [2.75, 3.05) is 0 Å². The number of rotatable bonds is 1. The maximum atomic E-state index is 14.0. The first-order valence-corrected chi connectivity index (χ1v) is 8.61. The molecule has 0 aliphatic heterocycles. The molecule has 0 spiro atoms. The van der Waals surface area contributed by atoms with Gasteiger partial charge in [-0.05, 0) is 67.4 Å².